The number of hydrogen-bond acceptors (Lipinski definition) is 3. The lowest BCUT2D eigenvalue weighted by Crippen LogP contribution is -2.51. The summed E-state index contributed by atoms with van der Waals surface area (Å²) in [6.07, 6.45) is 0.980. The Morgan fingerprint density at radius 2 is 1.62 bits per heavy atom. The van der Waals surface area contributed by atoms with E-state index >= 15 is 0 Å². The molecule has 0 aromatic heterocycles. The van der Waals surface area contributed by atoms with Crippen LogP contribution in [0.5, 0.6) is 0 Å². The molecular formula is C19H29N3O2. The molecule has 2 amide bonds. The van der Waals surface area contributed by atoms with Crippen LogP contribution in [0.3, 0.4) is 0 Å². The maximum absolute atomic E-state index is 12.3. The third-order valence-electron chi connectivity index (χ3n) is 4.29. The third kappa shape index (κ3) is 5.34. The van der Waals surface area contributed by atoms with E-state index in [0.29, 0.717) is 0 Å². The van der Waals surface area contributed by atoms with Crippen LogP contribution in [0, 0.1) is 5.41 Å². The predicted molar refractivity (Wildman–Crippen MR) is 96.9 cm³/mol. The highest BCUT2D eigenvalue weighted by Gasteiger charge is 2.29. The molecule has 132 valence electrons. The summed E-state index contributed by atoms with van der Waals surface area (Å²) in [5.74, 6) is 0.195. The van der Waals surface area contributed by atoms with Crippen molar-refractivity contribution in [3.63, 3.8) is 0 Å². The summed E-state index contributed by atoms with van der Waals surface area (Å²) < 4.78 is 0. The highest BCUT2D eigenvalue weighted by Crippen LogP contribution is 2.19. The largest absolute Gasteiger partial charge is 0.340 e. The predicted octanol–water partition coefficient (Wildman–Crippen LogP) is 2.38. The molecule has 1 aromatic carbocycles. The zero-order valence-corrected chi connectivity index (χ0v) is 15.3. The number of nitrogens with zero attached hydrogens (tertiary/aromatic N) is 2. The second-order valence-electron chi connectivity index (χ2n) is 7.51. The lowest BCUT2D eigenvalue weighted by Gasteiger charge is -2.37. The van der Waals surface area contributed by atoms with Gasteiger partial charge in [-0.1, -0.05) is 32.9 Å². The van der Waals surface area contributed by atoms with Gasteiger partial charge in [-0.05, 0) is 24.1 Å². The van der Waals surface area contributed by atoms with Crippen molar-refractivity contribution in [2.45, 2.75) is 34.1 Å². The van der Waals surface area contributed by atoms with Crippen molar-refractivity contribution in [2.75, 3.05) is 38.0 Å². The van der Waals surface area contributed by atoms with Gasteiger partial charge in [0.15, 0.2) is 0 Å². The Bertz CT molecular complexity index is 567. The molecule has 5 nitrogen and oxygen atoms in total. The van der Waals surface area contributed by atoms with Crippen molar-refractivity contribution >= 4 is 17.5 Å². The molecule has 1 saturated heterocycles. The second-order valence-corrected chi connectivity index (χ2v) is 7.51. The molecule has 1 fully saturated rings. The minimum absolute atomic E-state index is 0.0505. The monoisotopic (exact) mass is 331 g/mol. The lowest BCUT2D eigenvalue weighted by atomic mass is 9.94. The topological polar surface area (TPSA) is 52.7 Å². The number of benzene rings is 1. The Kier molecular flexibility index (Phi) is 5.99. The smallest absolute Gasteiger partial charge is 0.228 e. The van der Waals surface area contributed by atoms with Crippen molar-refractivity contribution < 1.29 is 9.59 Å². The summed E-state index contributed by atoms with van der Waals surface area (Å²) in [5.41, 5.74) is 1.80. The molecular weight excluding hydrogens is 302 g/mol. The average Bonchev–Trinajstić information content (AvgIpc) is 2.52. The Labute approximate surface area is 145 Å². The number of carbonyl (C=O) groups is 2. The molecule has 1 aromatic rings. The van der Waals surface area contributed by atoms with Crippen LogP contribution in [0.15, 0.2) is 24.3 Å². The van der Waals surface area contributed by atoms with Gasteiger partial charge in [-0.3, -0.25) is 14.5 Å². The van der Waals surface area contributed by atoms with E-state index in [1.165, 1.54) is 12.5 Å². The van der Waals surface area contributed by atoms with E-state index in [1.807, 2.05) is 37.8 Å². The molecule has 0 bridgehead atoms. The number of anilines is 1. The van der Waals surface area contributed by atoms with Crippen LogP contribution in [-0.4, -0.2) is 54.3 Å². The van der Waals surface area contributed by atoms with Gasteiger partial charge in [-0.15, -0.1) is 0 Å². The highest BCUT2D eigenvalue weighted by molar-refractivity contribution is 5.88. The Morgan fingerprint density at radius 1 is 1.04 bits per heavy atom. The van der Waals surface area contributed by atoms with E-state index in [-0.39, 0.29) is 17.2 Å². The summed E-state index contributed by atoms with van der Waals surface area (Å²) in [7, 11) is 0. The van der Waals surface area contributed by atoms with Crippen LogP contribution < -0.4 is 5.32 Å². The van der Waals surface area contributed by atoms with Gasteiger partial charge in [0.25, 0.3) is 0 Å². The summed E-state index contributed by atoms with van der Waals surface area (Å²) >= 11 is 0. The number of hydrogen-bond donors (Lipinski definition) is 1. The van der Waals surface area contributed by atoms with Gasteiger partial charge >= 0.3 is 0 Å². The minimum Gasteiger partial charge on any atom is -0.340 e. The third-order valence-corrected chi connectivity index (χ3v) is 4.29. The molecule has 2 rings (SSSR count). The Morgan fingerprint density at radius 3 is 2.12 bits per heavy atom. The van der Waals surface area contributed by atoms with E-state index in [1.54, 1.807) is 0 Å². The van der Waals surface area contributed by atoms with E-state index in [4.69, 9.17) is 0 Å². The summed E-state index contributed by atoms with van der Waals surface area (Å²) in [6, 6.07) is 8.00. The van der Waals surface area contributed by atoms with E-state index in [2.05, 4.69) is 22.3 Å². The molecule has 0 spiro atoms. The maximum Gasteiger partial charge on any atom is 0.228 e. The second kappa shape index (κ2) is 7.79. The maximum atomic E-state index is 12.3. The number of amides is 2. The first-order valence-electron chi connectivity index (χ1n) is 8.64. The van der Waals surface area contributed by atoms with Crippen LogP contribution in [0.25, 0.3) is 0 Å². The van der Waals surface area contributed by atoms with Crippen molar-refractivity contribution in [3.8, 4) is 0 Å². The lowest BCUT2D eigenvalue weighted by molar-refractivity contribution is -0.141. The molecule has 0 unspecified atom stereocenters. The van der Waals surface area contributed by atoms with E-state index < -0.39 is 0 Å². The molecule has 0 atom stereocenters. The number of piperazine rings is 1. The van der Waals surface area contributed by atoms with Crippen molar-refractivity contribution in [2.24, 2.45) is 5.41 Å². The SMILES string of the molecule is CC(=O)Nc1ccc(CCN2CCN(C(=O)C(C)(C)C)CC2)cc1. The molecule has 0 radical (unpaired) electrons. The first-order chi connectivity index (χ1) is 11.3. The molecule has 1 heterocycles. The zero-order valence-electron chi connectivity index (χ0n) is 15.3. The van der Waals surface area contributed by atoms with Gasteiger partial charge in [0.05, 0.1) is 0 Å². The average molecular weight is 331 g/mol. The van der Waals surface area contributed by atoms with Crippen LogP contribution in [0.2, 0.25) is 0 Å². The fourth-order valence-electron chi connectivity index (χ4n) is 2.89. The molecule has 1 aliphatic rings. The number of carbonyl (C=O) groups excluding carboxylic acids is 2. The van der Waals surface area contributed by atoms with Gasteiger partial charge in [0.1, 0.15) is 0 Å². The molecule has 1 N–H and O–H groups in total. The van der Waals surface area contributed by atoms with E-state index in [9.17, 15) is 9.59 Å². The fraction of sp³-hybridized carbons (Fsp3) is 0.579. The first kappa shape index (κ1) is 18.5. The van der Waals surface area contributed by atoms with Gasteiger partial charge in [-0.2, -0.15) is 0 Å². The first-order valence-corrected chi connectivity index (χ1v) is 8.64. The zero-order chi connectivity index (χ0) is 17.7. The van der Waals surface area contributed by atoms with E-state index in [0.717, 1.165) is 44.8 Å². The minimum atomic E-state index is -0.294. The Balaban J connectivity index is 1.76. The molecule has 5 heteroatoms. The quantitative estimate of drug-likeness (QED) is 0.921. The van der Waals surface area contributed by atoms with Crippen LogP contribution >= 0.6 is 0 Å². The fourth-order valence-corrected chi connectivity index (χ4v) is 2.89. The highest BCUT2D eigenvalue weighted by atomic mass is 16.2. The van der Waals surface area contributed by atoms with Gasteiger partial charge in [0, 0.05) is 50.7 Å². The van der Waals surface area contributed by atoms with Crippen molar-refractivity contribution in [1.29, 1.82) is 0 Å². The van der Waals surface area contributed by atoms with Gasteiger partial charge in [-0.25, -0.2) is 0 Å². The molecule has 0 aliphatic carbocycles. The number of rotatable bonds is 4. The Hall–Kier alpha value is -1.88. The summed E-state index contributed by atoms with van der Waals surface area (Å²) in [6.45, 7) is 12.0. The van der Waals surface area contributed by atoms with Crippen LogP contribution in [-0.2, 0) is 16.0 Å². The normalized spacial score (nSPS) is 16.1. The summed E-state index contributed by atoms with van der Waals surface area (Å²) in [5, 5.41) is 2.78. The van der Waals surface area contributed by atoms with Crippen LogP contribution in [0.1, 0.15) is 33.3 Å². The van der Waals surface area contributed by atoms with Gasteiger partial charge in [0.2, 0.25) is 11.8 Å². The van der Waals surface area contributed by atoms with Crippen molar-refractivity contribution in [1.82, 2.24) is 9.80 Å². The van der Waals surface area contributed by atoms with Gasteiger partial charge < -0.3 is 10.2 Å². The van der Waals surface area contributed by atoms with Crippen LogP contribution in [0.4, 0.5) is 5.69 Å². The standard InChI is InChI=1S/C19H29N3O2/c1-15(23)20-17-7-5-16(6-8-17)9-10-21-11-13-22(14-12-21)18(24)19(2,3)4/h5-8H,9-14H2,1-4H3,(H,20,23). The molecule has 24 heavy (non-hydrogen) atoms. The molecule has 0 saturated carbocycles. The van der Waals surface area contributed by atoms with Crippen molar-refractivity contribution in [3.05, 3.63) is 29.8 Å². The number of nitrogens with one attached hydrogen (secondary N) is 1. The summed E-state index contributed by atoms with van der Waals surface area (Å²) in [4.78, 5) is 27.7. The molecule has 1 aliphatic heterocycles.